The third-order valence-corrected chi connectivity index (χ3v) is 3.38. The smallest absolute Gasteiger partial charge is 0.305 e. The van der Waals surface area contributed by atoms with Gasteiger partial charge in [-0.05, 0) is 48.0 Å². The number of nitrogens with two attached hydrogens (primary N) is 1. The first-order valence-electron chi connectivity index (χ1n) is 5.90. The van der Waals surface area contributed by atoms with Crippen molar-refractivity contribution >= 4 is 33.5 Å². The minimum atomic E-state index is -0.920. The number of anilines is 1. The summed E-state index contributed by atoms with van der Waals surface area (Å²) in [5.41, 5.74) is 6.71. The van der Waals surface area contributed by atoms with Gasteiger partial charge in [-0.15, -0.1) is 0 Å². The molecule has 0 bridgehead atoms. The lowest BCUT2D eigenvalue weighted by Crippen LogP contribution is -2.38. The Morgan fingerprint density at radius 3 is 2.53 bits per heavy atom. The molecule has 0 saturated heterocycles. The second-order valence-corrected chi connectivity index (χ2v) is 5.33. The summed E-state index contributed by atoms with van der Waals surface area (Å²) in [6.45, 7) is 3.89. The Labute approximate surface area is 120 Å². The molecule has 3 N–H and O–H groups in total. The molecule has 0 aliphatic rings. The van der Waals surface area contributed by atoms with E-state index >= 15 is 0 Å². The number of rotatable bonds is 5. The average Bonchev–Trinajstić information content (AvgIpc) is 2.31. The minimum absolute atomic E-state index is 0.0665. The van der Waals surface area contributed by atoms with Crippen LogP contribution in [0.1, 0.15) is 30.6 Å². The van der Waals surface area contributed by atoms with Crippen LogP contribution >= 0.6 is 15.9 Å². The predicted molar refractivity (Wildman–Crippen MR) is 77.0 cm³/mol. The summed E-state index contributed by atoms with van der Waals surface area (Å²) in [5, 5.41) is 8.72. The largest absolute Gasteiger partial charge is 0.481 e. The van der Waals surface area contributed by atoms with Gasteiger partial charge in [-0.1, -0.05) is 0 Å². The van der Waals surface area contributed by atoms with E-state index in [0.717, 1.165) is 0 Å². The minimum Gasteiger partial charge on any atom is -0.481 e. The topological polar surface area (TPSA) is 83.6 Å². The van der Waals surface area contributed by atoms with Gasteiger partial charge in [0.25, 0.3) is 5.91 Å². The highest BCUT2D eigenvalue weighted by atomic mass is 79.9. The molecular formula is C13H17BrN2O3. The first-order chi connectivity index (χ1) is 8.82. The van der Waals surface area contributed by atoms with E-state index in [4.69, 9.17) is 10.8 Å². The van der Waals surface area contributed by atoms with Gasteiger partial charge in [-0.2, -0.15) is 0 Å². The lowest BCUT2D eigenvalue weighted by Gasteiger charge is -2.26. The van der Waals surface area contributed by atoms with E-state index in [0.29, 0.717) is 15.7 Å². The Morgan fingerprint density at radius 1 is 1.42 bits per heavy atom. The van der Waals surface area contributed by atoms with Crippen molar-refractivity contribution in [2.24, 2.45) is 0 Å². The fraction of sp³-hybridized carbons (Fsp3) is 0.385. The van der Waals surface area contributed by atoms with Crippen molar-refractivity contribution in [3.05, 3.63) is 28.2 Å². The van der Waals surface area contributed by atoms with E-state index in [1.54, 1.807) is 18.2 Å². The fourth-order valence-electron chi connectivity index (χ4n) is 1.64. The van der Waals surface area contributed by atoms with Crippen LogP contribution < -0.4 is 5.73 Å². The fourth-order valence-corrected chi connectivity index (χ4v) is 2.02. The number of carbonyl (C=O) groups is 2. The Bertz CT molecular complexity index is 489. The highest BCUT2D eigenvalue weighted by molar-refractivity contribution is 9.10. The summed E-state index contributed by atoms with van der Waals surface area (Å²) in [7, 11) is 0. The molecule has 0 spiro atoms. The molecule has 104 valence electrons. The number of carbonyl (C=O) groups excluding carboxylic acids is 1. The maximum Gasteiger partial charge on any atom is 0.305 e. The Morgan fingerprint density at radius 2 is 2.05 bits per heavy atom. The molecule has 0 aliphatic carbocycles. The van der Waals surface area contributed by atoms with Gasteiger partial charge in [0.2, 0.25) is 0 Å². The van der Waals surface area contributed by atoms with Gasteiger partial charge in [-0.3, -0.25) is 9.59 Å². The number of nitrogens with zero attached hydrogens (tertiary/aromatic N) is 1. The molecular weight excluding hydrogens is 312 g/mol. The zero-order chi connectivity index (χ0) is 14.6. The zero-order valence-electron chi connectivity index (χ0n) is 10.9. The molecule has 0 heterocycles. The average molecular weight is 329 g/mol. The third-order valence-electron chi connectivity index (χ3n) is 2.70. The quantitative estimate of drug-likeness (QED) is 0.812. The summed E-state index contributed by atoms with van der Waals surface area (Å²) in [5.74, 6) is -1.12. The third kappa shape index (κ3) is 4.24. The molecule has 0 unspecified atom stereocenters. The van der Waals surface area contributed by atoms with E-state index in [-0.39, 0.29) is 24.9 Å². The number of benzene rings is 1. The van der Waals surface area contributed by atoms with Crippen LogP contribution in [0.2, 0.25) is 0 Å². The predicted octanol–water partition coefficient (Wildman–Crippen LogP) is 2.36. The molecule has 19 heavy (non-hydrogen) atoms. The van der Waals surface area contributed by atoms with E-state index < -0.39 is 5.97 Å². The molecule has 6 heteroatoms. The monoisotopic (exact) mass is 328 g/mol. The van der Waals surface area contributed by atoms with Crippen molar-refractivity contribution in [3.8, 4) is 0 Å². The van der Waals surface area contributed by atoms with Crippen molar-refractivity contribution < 1.29 is 14.7 Å². The Balaban J connectivity index is 2.92. The number of carboxylic acid groups (broad SMARTS) is 1. The van der Waals surface area contributed by atoms with Crippen LogP contribution in [-0.2, 0) is 4.79 Å². The van der Waals surface area contributed by atoms with Crippen LogP contribution in [0.25, 0.3) is 0 Å². The van der Waals surface area contributed by atoms with E-state index in [1.165, 1.54) is 4.90 Å². The molecule has 0 atom stereocenters. The SMILES string of the molecule is CC(C)N(CCC(=O)O)C(=O)c1ccc(N)c(Br)c1. The number of amides is 1. The summed E-state index contributed by atoms with van der Waals surface area (Å²) in [6.07, 6.45) is -0.0694. The summed E-state index contributed by atoms with van der Waals surface area (Å²) in [4.78, 5) is 24.5. The lowest BCUT2D eigenvalue weighted by molar-refractivity contribution is -0.137. The standard InChI is InChI=1S/C13H17BrN2O3/c1-8(2)16(6-5-12(17)18)13(19)9-3-4-11(15)10(14)7-9/h3-4,7-8H,5-6,15H2,1-2H3,(H,17,18). The normalized spacial score (nSPS) is 10.5. The van der Waals surface area contributed by atoms with Gasteiger partial charge in [0.05, 0.1) is 6.42 Å². The lowest BCUT2D eigenvalue weighted by atomic mass is 10.1. The van der Waals surface area contributed by atoms with Crippen molar-refractivity contribution in [1.82, 2.24) is 4.90 Å². The van der Waals surface area contributed by atoms with Crippen LogP contribution in [0.4, 0.5) is 5.69 Å². The van der Waals surface area contributed by atoms with Crippen LogP contribution in [-0.4, -0.2) is 34.5 Å². The number of aliphatic carboxylic acids is 1. The van der Waals surface area contributed by atoms with Crippen molar-refractivity contribution in [3.63, 3.8) is 0 Å². The van der Waals surface area contributed by atoms with Crippen molar-refractivity contribution in [1.29, 1.82) is 0 Å². The molecule has 0 radical (unpaired) electrons. The molecule has 1 aromatic rings. The number of halogens is 1. The summed E-state index contributed by atoms with van der Waals surface area (Å²) >= 11 is 3.27. The molecule has 5 nitrogen and oxygen atoms in total. The number of hydrogen-bond donors (Lipinski definition) is 2. The first-order valence-corrected chi connectivity index (χ1v) is 6.70. The zero-order valence-corrected chi connectivity index (χ0v) is 12.5. The van der Waals surface area contributed by atoms with Gasteiger partial charge in [0, 0.05) is 28.3 Å². The van der Waals surface area contributed by atoms with E-state index in [9.17, 15) is 9.59 Å². The molecule has 1 aromatic carbocycles. The summed E-state index contributed by atoms with van der Waals surface area (Å²) in [6, 6.07) is 4.86. The molecule has 0 fully saturated rings. The molecule has 0 aromatic heterocycles. The van der Waals surface area contributed by atoms with Crippen molar-refractivity contribution in [2.75, 3.05) is 12.3 Å². The van der Waals surface area contributed by atoms with Crippen LogP contribution in [0.15, 0.2) is 22.7 Å². The van der Waals surface area contributed by atoms with Gasteiger partial charge in [0.1, 0.15) is 0 Å². The second-order valence-electron chi connectivity index (χ2n) is 4.47. The van der Waals surface area contributed by atoms with Gasteiger partial charge in [-0.25, -0.2) is 0 Å². The highest BCUT2D eigenvalue weighted by Crippen LogP contribution is 2.21. The van der Waals surface area contributed by atoms with Gasteiger partial charge < -0.3 is 15.7 Å². The van der Waals surface area contributed by atoms with Crippen LogP contribution in [0, 0.1) is 0 Å². The number of carboxylic acids is 1. The van der Waals surface area contributed by atoms with Crippen LogP contribution in [0.3, 0.4) is 0 Å². The first kappa shape index (κ1) is 15.5. The number of nitrogen functional groups attached to an aromatic ring is 1. The molecule has 1 rings (SSSR count). The van der Waals surface area contributed by atoms with Gasteiger partial charge in [0.15, 0.2) is 0 Å². The van der Waals surface area contributed by atoms with E-state index in [2.05, 4.69) is 15.9 Å². The highest BCUT2D eigenvalue weighted by Gasteiger charge is 2.20. The molecule has 1 amide bonds. The van der Waals surface area contributed by atoms with Crippen molar-refractivity contribution in [2.45, 2.75) is 26.3 Å². The Hall–Kier alpha value is -1.56. The summed E-state index contributed by atoms with van der Waals surface area (Å²) < 4.78 is 0.653. The van der Waals surface area contributed by atoms with Gasteiger partial charge >= 0.3 is 5.97 Å². The molecule has 0 saturated carbocycles. The second kappa shape index (κ2) is 6.56. The maximum absolute atomic E-state index is 12.3. The Kier molecular flexibility index (Phi) is 5.35. The van der Waals surface area contributed by atoms with Crippen LogP contribution in [0.5, 0.6) is 0 Å². The van der Waals surface area contributed by atoms with E-state index in [1.807, 2.05) is 13.8 Å². The number of hydrogen-bond acceptors (Lipinski definition) is 3. The maximum atomic E-state index is 12.3. The molecule has 0 aliphatic heterocycles.